The monoisotopic (exact) mass is 376 g/mol. The number of carbonyl (C=O) groups excluding carboxylic acids is 1. The van der Waals surface area contributed by atoms with Gasteiger partial charge < -0.3 is 4.74 Å². The van der Waals surface area contributed by atoms with Crippen LogP contribution in [0.4, 0.5) is 5.13 Å². The molecule has 0 saturated carbocycles. The molecule has 22 heavy (non-hydrogen) atoms. The van der Waals surface area contributed by atoms with Crippen LogP contribution < -0.4 is 10.1 Å². The quantitative estimate of drug-likeness (QED) is 0.734. The van der Waals surface area contributed by atoms with Crippen molar-refractivity contribution in [1.82, 2.24) is 4.98 Å². The molecule has 0 unspecified atom stereocenters. The fourth-order valence-electron chi connectivity index (χ4n) is 2.00. The maximum Gasteiger partial charge on any atom is 0.264 e. The van der Waals surface area contributed by atoms with Gasteiger partial charge in [-0.2, -0.15) is 0 Å². The molecule has 3 aromatic rings. The molecular weight excluding hydrogens is 364 g/mol. The van der Waals surface area contributed by atoms with Gasteiger partial charge in [0.15, 0.2) is 11.7 Å². The number of nitrogens with one attached hydrogen (secondary N) is 1. The molecule has 0 aliphatic heterocycles. The standard InChI is InChI=1S/C16H13BrN2O2S/c1-10-5-4-8-13-15(10)19-16(22-13)18-14(20)9-21-12-7-3-2-6-11(12)17/h2-8H,9H2,1H3,(H,18,19,20). The van der Waals surface area contributed by atoms with Gasteiger partial charge in [0, 0.05) is 0 Å². The smallest absolute Gasteiger partial charge is 0.264 e. The molecule has 3 rings (SSSR count). The molecule has 1 amide bonds. The van der Waals surface area contributed by atoms with Crippen molar-refractivity contribution < 1.29 is 9.53 Å². The molecule has 1 heterocycles. The normalized spacial score (nSPS) is 10.6. The van der Waals surface area contributed by atoms with E-state index in [1.165, 1.54) is 11.3 Å². The van der Waals surface area contributed by atoms with Gasteiger partial charge in [-0.15, -0.1) is 0 Å². The third-order valence-corrected chi connectivity index (χ3v) is 4.65. The number of hydrogen-bond acceptors (Lipinski definition) is 4. The van der Waals surface area contributed by atoms with E-state index in [1.807, 2.05) is 43.3 Å². The summed E-state index contributed by atoms with van der Waals surface area (Å²) in [6.07, 6.45) is 0. The van der Waals surface area contributed by atoms with Crippen LogP contribution in [-0.4, -0.2) is 17.5 Å². The molecule has 0 fully saturated rings. The number of rotatable bonds is 4. The summed E-state index contributed by atoms with van der Waals surface area (Å²) < 4.78 is 7.36. The van der Waals surface area contributed by atoms with Gasteiger partial charge in [0.1, 0.15) is 5.75 Å². The molecule has 1 aromatic heterocycles. The summed E-state index contributed by atoms with van der Waals surface area (Å²) in [5.74, 6) is 0.408. The number of carbonyl (C=O) groups is 1. The average molecular weight is 377 g/mol. The lowest BCUT2D eigenvalue weighted by Crippen LogP contribution is -2.20. The number of benzene rings is 2. The number of amides is 1. The number of halogens is 1. The van der Waals surface area contributed by atoms with E-state index in [0.29, 0.717) is 10.9 Å². The number of aryl methyl sites for hydroxylation is 1. The maximum absolute atomic E-state index is 12.0. The summed E-state index contributed by atoms with van der Waals surface area (Å²) in [6.45, 7) is 1.95. The van der Waals surface area contributed by atoms with Crippen molar-refractivity contribution in [2.24, 2.45) is 0 Å². The fourth-order valence-corrected chi connectivity index (χ4v) is 3.36. The van der Waals surface area contributed by atoms with Crippen LogP contribution in [0, 0.1) is 6.92 Å². The molecular formula is C16H13BrN2O2S. The first-order valence-corrected chi connectivity index (χ1v) is 8.28. The topological polar surface area (TPSA) is 51.2 Å². The SMILES string of the molecule is Cc1cccc2sc(NC(=O)COc3ccccc3Br)nc12. The first kappa shape index (κ1) is 15.0. The van der Waals surface area contributed by atoms with Crippen molar-refractivity contribution in [2.45, 2.75) is 6.92 Å². The lowest BCUT2D eigenvalue weighted by atomic mass is 10.2. The Morgan fingerprint density at radius 1 is 1.27 bits per heavy atom. The minimum Gasteiger partial charge on any atom is -0.483 e. The zero-order chi connectivity index (χ0) is 15.5. The van der Waals surface area contributed by atoms with E-state index in [9.17, 15) is 4.79 Å². The highest BCUT2D eigenvalue weighted by molar-refractivity contribution is 9.10. The Bertz CT molecular complexity index is 832. The summed E-state index contributed by atoms with van der Waals surface area (Å²) in [5.41, 5.74) is 2.02. The van der Waals surface area contributed by atoms with Crippen LogP contribution in [0.25, 0.3) is 10.2 Å². The Morgan fingerprint density at radius 2 is 2.09 bits per heavy atom. The third-order valence-electron chi connectivity index (χ3n) is 3.06. The first-order valence-electron chi connectivity index (χ1n) is 6.67. The second-order valence-electron chi connectivity index (χ2n) is 4.71. The zero-order valence-corrected chi connectivity index (χ0v) is 14.2. The number of nitrogens with zero attached hydrogens (tertiary/aromatic N) is 1. The molecule has 1 N–H and O–H groups in total. The van der Waals surface area contributed by atoms with E-state index < -0.39 is 0 Å². The van der Waals surface area contributed by atoms with Crippen LogP contribution in [-0.2, 0) is 4.79 Å². The number of ether oxygens (including phenoxy) is 1. The lowest BCUT2D eigenvalue weighted by molar-refractivity contribution is -0.118. The van der Waals surface area contributed by atoms with E-state index in [-0.39, 0.29) is 12.5 Å². The van der Waals surface area contributed by atoms with E-state index in [2.05, 4.69) is 26.2 Å². The largest absolute Gasteiger partial charge is 0.483 e. The highest BCUT2D eigenvalue weighted by atomic mass is 79.9. The Hall–Kier alpha value is -1.92. The van der Waals surface area contributed by atoms with E-state index in [1.54, 1.807) is 6.07 Å². The zero-order valence-electron chi connectivity index (χ0n) is 11.8. The van der Waals surface area contributed by atoms with Gasteiger partial charge in [-0.3, -0.25) is 10.1 Å². The molecule has 0 radical (unpaired) electrons. The first-order chi connectivity index (χ1) is 10.6. The van der Waals surface area contributed by atoms with Gasteiger partial charge >= 0.3 is 0 Å². The Morgan fingerprint density at radius 3 is 2.86 bits per heavy atom. The lowest BCUT2D eigenvalue weighted by Gasteiger charge is -2.07. The van der Waals surface area contributed by atoms with Crippen molar-refractivity contribution in [3.63, 3.8) is 0 Å². The molecule has 2 aromatic carbocycles. The Kier molecular flexibility index (Phi) is 4.40. The predicted octanol–water partition coefficient (Wildman–Crippen LogP) is 4.38. The minimum atomic E-state index is -0.229. The third kappa shape index (κ3) is 3.28. The second-order valence-corrected chi connectivity index (χ2v) is 6.59. The van der Waals surface area contributed by atoms with Gasteiger partial charge in [0.2, 0.25) is 0 Å². The molecule has 4 nitrogen and oxygen atoms in total. The molecule has 0 saturated heterocycles. The highest BCUT2D eigenvalue weighted by Crippen LogP contribution is 2.28. The van der Waals surface area contributed by atoms with Gasteiger partial charge in [-0.1, -0.05) is 35.6 Å². The van der Waals surface area contributed by atoms with Crippen molar-refractivity contribution in [1.29, 1.82) is 0 Å². The van der Waals surface area contributed by atoms with Crippen LogP contribution >= 0.6 is 27.3 Å². The highest BCUT2D eigenvalue weighted by Gasteiger charge is 2.10. The van der Waals surface area contributed by atoms with Crippen LogP contribution in [0.5, 0.6) is 5.75 Å². The van der Waals surface area contributed by atoms with Crippen LogP contribution in [0.3, 0.4) is 0 Å². The molecule has 0 bridgehead atoms. The van der Waals surface area contributed by atoms with Crippen LogP contribution in [0.2, 0.25) is 0 Å². The molecule has 0 aliphatic carbocycles. The van der Waals surface area contributed by atoms with Crippen molar-refractivity contribution in [3.8, 4) is 5.75 Å². The van der Waals surface area contributed by atoms with Gasteiger partial charge in [-0.25, -0.2) is 4.98 Å². The minimum absolute atomic E-state index is 0.0580. The average Bonchev–Trinajstić information content (AvgIpc) is 2.90. The number of aromatic nitrogens is 1. The summed E-state index contributed by atoms with van der Waals surface area (Å²) in [4.78, 5) is 16.4. The van der Waals surface area contributed by atoms with Crippen LogP contribution in [0.15, 0.2) is 46.9 Å². The number of hydrogen-bond donors (Lipinski definition) is 1. The maximum atomic E-state index is 12.0. The number of anilines is 1. The number of fused-ring (bicyclic) bond motifs is 1. The van der Waals surface area contributed by atoms with E-state index in [0.717, 1.165) is 20.3 Å². The molecule has 0 atom stereocenters. The molecule has 112 valence electrons. The van der Waals surface area contributed by atoms with Gasteiger partial charge in [0.05, 0.1) is 14.7 Å². The van der Waals surface area contributed by atoms with Crippen LogP contribution in [0.1, 0.15) is 5.56 Å². The molecule has 0 aliphatic rings. The predicted molar refractivity (Wildman–Crippen MR) is 92.6 cm³/mol. The molecule has 6 heteroatoms. The van der Waals surface area contributed by atoms with Gasteiger partial charge in [-0.05, 0) is 46.6 Å². The summed E-state index contributed by atoms with van der Waals surface area (Å²) >= 11 is 4.83. The summed E-state index contributed by atoms with van der Waals surface area (Å²) in [6, 6.07) is 13.4. The summed E-state index contributed by atoms with van der Waals surface area (Å²) in [7, 11) is 0. The van der Waals surface area contributed by atoms with Crippen molar-refractivity contribution >= 4 is 48.5 Å². The second kappa shape index (κ2) is 6.46. The van der Waals surface area contributed by atoms with Crippen molar-refractivity contribution in [3.05, 3.63) is 52.5 Å². The number of para-hydroxylation sites is 2. The van der Waals surface area contributed by atoms with Gasteiger partial charge in [0.25, 0.3) is 5.91 Å². The Balaban J connectivity index is 1.66. The van der Waals surface area contributed by atoms with E-state index in [4.69, 9.17) is 4.74 Å². The number of thiazole rings is 1. The Labute approximate surface area is 140 Å². The van der Waals surface area contributed by atoms with E-state index >= 15 is 0 Å². The summed E-state index contributed by atoms with van der Waals surface area (Å²) in [5, 5.41) is 3.36. The molecule has 0 spiro atoms. The fraction of sp³-hybridized carbons (Fsp3) is 0.125. The van der Waals surface area contributed by atoms with Crippen molar-refractivity contribution in [2.75, 3.05) is 11.9 Å².